The van der Waals surface area contributed by atoms with Crippen LogP contribution < -0.4 is 10.9 Å². The van der Waals surface area contributed by atoms with Crippen LogP contribution in [0.1, 0.15) is 28.4 Å². The lowest BCUT2D eigenvalue weighted by Crippen LogP contribution is -2.34. The fraction of sp³-hybridized carbons (Fsp3) is 0.421. The Balaban J connectivity index is 1.78. The molecule has 3 aromatic heterocycles. The van der Waals surface area contributed by atoms with Gasteiger partial charge < -0.3 is 19.2 Å². The van der Waals surface area contributed by atoms with Crippen LogP contribution in [0.2, 0.25) is 0 Å². The molecule has 1 aliphatic heterocycles. The smallest absolute Gasteiger partial charge is 0.294 e. The van der Waals surface area contributed by atoms with E-state index in [0.717, 1.165) is 42.3 Å². The number of hydrogen-bond donors (Lipinski definition) is 1. The summed E-state index contributed by atoms with van der Waals surface area (Å²) in [5, 5.41) is 3.28. The van der Waals surface area contributed by atoms with E-state index >= 15 is 0 Å². The van der Waals surface area contributed by atoms with Crippen molar-refractivity contribution in [1.82, 2.24) is 24.2 Å². The average Bonchev–Trinajstić information content (AvgIpc) is 3.09. The second-order valence-electron chi connectivity index (χ2n) is 6.96. The minimum absolute atomic E-state index is 0.138. The number of carbonyl (C=O) groups is 1. The summed E-state index contributed by atoms with van der Waals surface area (Å²) in [6.45, 7) is 6.75. The van der Waals surface area contributed by atoms with Crippen LogP contribution in [-0.2, 0) is 7.05 Å². The maximum Gasteiger partial charge on any atom is 0.294 e. The summed E-state index contributed by atoms with van der Waals surface area (Å²) in [4.78, 5) is 31.8. The molecule has 1 N–H and O–H groups in total. The standard InChI is InChI=1S/C19H23N5O3/c1-12-9-14(13(2)27-12)16-11-24-10-15(21-17(24)19(26)22(16)3)18(25)23-7-4-5-20-6-8-23/h9-11,20H,4-8H2,1-3H3. The van der Waals surface area contributed by atoms with E-state index in [2.05, 4.69) is 10.3 Å². The Bertz CT molecular complexity index is 1070. The molecule has 0 aromatic carbocycles. The second-order valence-corrected chi connectivity index (χ2v) is 6.96. The minimum Gasteiger partial charge on any atom is -0.466 e. The highest BCUT2D eigenvalue weighted by Gasteiger charge is 2.22. The Morgan fingerprint density at radius 2 is 2.04 bits per heavy atom. The molecule has 0 saturated carbocycles. The zero-order chi connectivity index (χ0) is 19.1. The Morgan fingerprint density at radius 3 is 2.78 bits per heavy atom. The number of imidazole rings is 1. The van der Waals surface area contributed by atoms with Gasteiger partial charge in [0.1, 0.15) is 17.2 Å². The zero-order valence-electron chi connectivity index (χ0n) is 15.8. The third kappa shape index (κ3) is 3.06. The first kappa shape index (κ1) is 17.5. The summed E-state index contributed by atoms with van der Waals surface area (Å²) >= 11 is 0. The van der Waals surface area contributed by atoms with Gasteiger partial charge in [-0.3, -0.25) is 14.0 Å². The van der Waals surface area contributed by atoms with Crippen LogP contribution in [0, 0.1) is 13.8 Å². The first-order valence-corrected chi connectivity index (χ1v) is 9.12. The number of nitrogens with zero attached hydrogens (tertiary/aromatic N) is 4. The van der Waals surface area contributed by atoms with Crippen LogP contribution in [0.4, 0.5) is 0 Å². The molecule has 4 heterocycles. The van der Waals surface area contributed by atoms with Gasteiger partial charge in [-0.2, -0.15) is 0 Å². The Labute approximate surface area is 156 Å². The van der Waals surface area contributed by atoms with E-state index in [1.807, 2.05) is 26.1 Å². The molecule has 1 aliphatic rings. The lowest BCUT2D eigenvalue weighted by atomic mass is 10.2. The number of furan rings is 1. The van der Waals surface area contributed by atoms with Gasteiger partial charge in [0.15, 0.2) is 0 Å². The summed E-state index contributed by atoms with van der Waals surface area (Å²) in [5.74, 6) is 1.39. The first-order valence-electron chi connectivity index (χ1n) is 9.12. The number of rotatable bonds is 2. The maximum absolute atomic E-state index is 12.8. The van der Waals surface area contributed by atoms with Crippen molar-refractivity contribution in [3.05, 3.63) is 46.0 Å². The van der Waals surface area contributed by atoms with E-state index < -0.39 is 0 Å². The van der Waals surface area contributed by atoms with E-state index in [-0.39, 0.29) is 17.1 Å². The maximum atomic E-state index is 12.8. The Kier molecular flexibility index (Phi) is 4.35. The molecule has 8 heteroatoms. The van der Waals surface area contributed by atoms with E-state index in [0.29, 0.717) is 18.8 Å². The molecule has 0 unspecified atom stereocenters. The van der Waals surface area contributed by atoms with Crippen molar-refractivity contribution in [1.29, 1.82) is 0 Å². The van der Waals surface area contributed by atoms with Gasteiger partial charge in [-0.25, -0.2) is 4.98 Å². The zero-order valence-corrected chi connectivity index (χ0v) is 15.8. The quantitative estimate of drug-likeness (QED) is 0.737. The van der Waals surface area contributed by atoms with Crippen molar-refractivity contribution in [2.75, 3.05) is 26.2 Å². The molecule has 1 amide bonds. The third-order valence-corrected chi connectivity index (χ3v) is 5.01. The predicted octanol–water partition coefficient (Wildman–Crippen LogP) is 1.35. The van der Waals surface area contributed by atoms with Crippen molar-refractivity contribution in [2.24, 2.45) is 7.05 Å². The highest BCUT2D eigenvalue weighted by atomic mass is 16.3. The second kappa shape index (κ2) is 6.70. The van der Waals surface area contributed by atoms with Gasteiger partial charge in [0.25, 0.3) is 11.5 Å². The molecule has 1 fully saturated rings. The number of nitrogens with one attached hydrogen (secondary N) is 1. The molecule has 0 bridgehead atoms. The van der Waals surface area contributed by atoms with Crippen LogP contribution in [0.25, 0.3) is 16.9 Å². The lowest BCUT2D eigenvalue weighted by molar-refractivity contribution is 0.0761. The van der Waals surface area contributed by atoms with Crippen molar-refractivity contribution in [3.8, 4) is 11.3 Å². The molecule has 0 radical (unpaired) electrons. The van der Waals surface area contributed by atoms with Gasteiger partial charge >= 0.3 is 0 Å². The number of fused-ring (bicyclic) bond motifs is 1. The summed E-state index contributed by atoms with van der Waals surface area (Å²) in [6, 6.07) is 1.91. The van der Waals surface area contributed by atoms with Gasteiger partial charge in [-0.1, -0.05) is 0 Å². The van der Waals surface area contributed by atoms with Crippen molar-refractivity contribution < 1.29 is 9.21 Å². The Hall–Kier alpha value is -2.87. The summed E-state index contributed by atoms with van der Waals surface area (Å²) < 4.78 is 8.79. The monoisotopic (exact) mass is 369 g/mol. The van der Waals surface area contributed by atoms with E-state index in [1.165, 1.54) is 0 Å². The molecule has 1 saturated heterocycles. The van der Waals surface area contributed by atoms with Crippen molar-refractivity contribution >= 4 is 11.6 Å². The number of hydrogen-bond acceptors (Lipinski definition) is 5. The Morgan fingerprint density at radius 1 is 1.22 bits per heavy atom. The van der Waals surface area contributed by atoms with Gasteiger partial charge in [0, 0.05) is 44.6 Å². The summed E-state index contributed by atoms with van der Waals surface area (Å²) in [7, 11) is 1.70. The molecule has 0 spiro atoms. The molecular formula is C19H23N5O3. The van der Waals surface area contributed by atoms with Crippen molar-refractivity contribution in [2.45, 2.75) is 20.3 Å². The molecular weight excluding hydrogens is 346 g/mol. The fourth-order valence-electron chi connectivity index (χ4n) is 3.58. The SMILES string of the molecule is Cc1cc(-c2cn3cc(C(=O)N4CCCNCC4)nc3c(=O)n2C)c(C)o1. The molecule has 27 heavy (non-hydrogen) atoms. The number of carbonyl (C=O) groups excluding carboxylic acids is 1. The number of aromatic nitrogens is 3. The van der Waals surface area contributed by atoms with Gasteiger partial charge in [0.05, 0.1) is 5.69 Å². The molecule has 8 nitrogen and oxygen atoms in total. The molecule has 3 aromatic rings. The first-order chi connectivity index (χ1) is 13.0. The van der Waals surface area contributed by atoms with Crippen LogP contribution >= 0.6 is 0 Å². The topological polar surface area (TPSA) is 84.8 Å². The summed E-state index contributed by atoms with van der Waals surface area (Å²) in [5.41, 5.74) is 1.87. The number of aryl methyl sites for hydroxylation is 2. The van der Waals surface area contributed by atoms with Crippen LogP contribution in [0.5, 0.6) is 0 Å². The molecule has 4 rings (SSSR count). The largest absolute Gasteiger partial charge is 0.466 e. The minimum atomic E-state index is -0.248. The highest BCUT2D eigenvalue weighted by molar-refractivity contribution is 5.93. The molecule has 0 aliphatic carbocycles. The molecule has 142 valence electrons. The third-order valence-electron chi connectivity index (χ3n) is 5.01. The van der Waals surface area contributed by atoms with Crippen LogP contribution in [0.15, 0.2) is 27.7 Å². The van der Waals surface area contributed by atoms with Crippen LogP contribution in [0.3, 0.4) is 0 Å². The highest BCUT2D eigenvalue weighted by Crippen LogP contribution is 2.25. The normalized spacial score (nSPS) is 15.3. The summed E-state index contributed by atoms with van der Waals surface area (Å²) in [6.07, 6.45) is 4.37. The van der Waals surface area contributed by atoms with E-state index in [4.69, 9.17) is 4.42 Å². The lowest BCUT2D eigenvalue weighted by Gasteiger charge is -2.18. The van der Waals surface area contributed by atoms with Gasteiger partial charge in [-0.05, 0) is 32.9 Å². The van der Waals surface area contributed by atoms with Gasteiger partial charge in [0.2, 0.25) is 5.65 Å². The number of amides is 1. The van der Waals surface area contributed by atoms with Crippen LogP contribution in [-0.4, -0.2) is 50.9 Å². The van der Waals surface area contributed by atoms with E-state index in [1.54, 1.807) is 27.1 Å². The average molecular weight is 369 g/mol. The fourth-order valence-corrected chi connectivity index (χ4v) is 3.58. The van der Waals surface area contributed by atoms with Gasteiger partial charge in [-0.15, -0.1) is 0 Å². The van der Waals surface area contributed by atoms with E-state index in [9.17, 15) is 9.59 Å². The van der Waals surface area contributed by atoms with Crippen molar-refractivity contribution in [3.63, 3.8) is 0 Å². The molecule has 0 atom stereocenters. The predicted molar refractivity (Wildman–Crippen MR) is 101 cm³/mol.